The number of carbonyl (C=O) groups is 2. The van der Waals surface area contributed by atoms with Crippen molar-refractivity contribution in [2.75, 3.05) is 17.6 Å². The van der Waals surface area contributed by atoms with E-state index < -0.39 is 23.2 Å². The molecule has 3 N–H and O–H groups in total. The summed E-state index contributed by atoms with van der Waals surface area (Å²) in [6.45, 7) is 6.00. The van der Waals surface area contributed by atoms with Crippen molar-refractivity contribution < 1.29 is 14.0 Å². The number of hydrogen-bond donors (Lipinski definition) is 2. The number of nitrogens with zero attached hydrogens (tertiary/aromatic N) is 2. The number of aryl methyl sites for hydroxylation is 1. The molecule has 154 valence electrons. The first-order valence-corrected chi connectivity index (χ1v) is 9.79. The van der Waals surface area contributed by atoms with E-state index in [1.54, 1.807) is 19.1 Å². The Morgan fingerprint density at radius 1 is 1.34 bits per heavy atom. The normalized spacial score (nSPS) is 21.7. The molecule has 8 heteroatoms. The second-order valence-corrected chi connectivity index (χ2v) is 8.31. The summed E-state index contributed by atoms with van der Waals surface area (Å²) in [7, 11) is 0. The Bertz CT molecular complexity index is 947. The zero-order valence-corrected chi connectivity index (χ0v) is 17.4. The van der Waals surface area contributed by atoms with Gasteiger partial charge in [0.25, 0.3) is 0 Å². The first-order chi connectivity index (χ1) is 13.6. The van der Waals surface area contributed by atoms with E-state index in [0.717, 1.165) is 6.42 Å². The van der Waals surface area contributed by atoms with Crippen LogP contribution in [0.3, 0.4) is 0 Å². The van der Waals surface area contributed by atoms with Crippen molar-refractivity contribution in [3.8, 4) is 0 Å². The standard InChI is InChI=1S/C21H24ClFN4O2/c1-12-4-5-21(3,14-7-15(22)9-16(23)8-14)27(11-12)20(29)19(28)26-17-6-13(2)18(24)25-10-17/h6-10,12H,4-5,11H2,1-3H3,(H2,24,25)(H,26,28)/t12-,21-/m0/s1. The number of rotatable bonds is 2. The summed E-state index contributed by atoms with van der Waals surface area (Å²) in [6, 6.07) is 5.88. The molecule has 1 aliphatic heterocycles. The summed E-state index contributed by atoms with van der Waals surface area (Å²) >= 11 is 6.04. The van der Waals surface area contributed by atoms with Gasteiger partial charge in [-0.3, -0.25) is 9.59 Å². The van der Waals surface area contributed by atoms with Gasteiger partial charge < -0.3 is 16.0 Å². The van der Waals surface area contributed by atoms with E-state index in [0.29, 0.717) is 35.6 Å². The van der Waals surface area contributed by atoms with Gasteiger partial charge in [0, 0.05) is 11.6 Å². The van der Waals surface area contributed by atoms with Crippen molar-refractivity contribution in [1.29, 1.82) is 0 Å². The first kappa shape index (κ1) is 21.0. The number of likely N-dealkylation sites (tertiary alicyclic amines) is 1. The van der Waals surface area contributed by atoms with Gasteiger partial charge in [-0.1, -0.05) is 18.5 Å². The minimum atomic E-state index is -0.845. The highest BCUT2D eigenvalue weighted by atomic mass is 35.5. The lowest BCUT2D eigenvalue weighted by Gasteiger charge is -2.47. The number of amides is 2. The second-order valence-electron chi connectivity index (χ2n) is 7.87. The molecular formula is C21H24ClFN4O2. The highest BCUT2D eigenvalue weighted by molar-refractivity contribution is 6.39. The van der Waals surface area contributed by atoms with Crippen LogP contribution in [0.4, 0.5) is 15.9 Å². The number of nitrogens with two attached hydrogens (primary N) is 1. The molecule has 1 aromatic carbocycles. The van der Waals surface area contributed by atoms with Gasteiger partial charge in [0.05, 0.1) is 17.4 Å². The van der Waals surface area contributed by atoms with Crippen molar-refractivity contribution >= 4 is 34.9 Å². The summed E-state index contributed by atoms with van der Waals surface area (Å²) in [6.07, 6.45) is 2.84. The average molecular weight is 419 g/mol. The number of benzene rings is 1. The van der Waals surface area contributed by atoms with E-state index in [1.807, 2.05) is 13.8 Å². The van der Waals surface area contributed by atoms with Crippen molar-refractivity contribution in [3.63, 3.8) is 0 Å². The molecule has 29 heavy (non-hydrogen) atoms. The van der Waals surface area contributed by atoms with Gasteiger partial charge in [-0.15, -0.1) is 0 Å². The molecule has 0 spiro atoms. The smallest absolute Gasteiger partial charge is 0.313 e. The van der Waals surface area contributed by atoms with Crippen LogP contribution in [0.15, 0.2) is 30.5 Å². The minimum absolute atomic E-state index is 0.212. The maximum absolute atomic E-state index is 14.0. The fourth-order valence-corrected chi connectivity index (χ4v) is 3.92. The molecule has 1 aromatic heterocycles. The molecule has 2 heterocycles. The summed E-state index contributed by atoms with van der Waals surface area (Å²) in [5, 5.41) is 2.84. The Hall–Kier alpha value is -2.67. The lowest BCUT2D eigenvalue weighted by atomic mass is 9.79. The molecular weight excluding hydrogens is 395 g/mol. The Morgan fingerprint density at radius 2 is 2.07 bits per heavy atom. The number of aromatic nitrogens is 1. The molecule has 6 nitrogen and oxygen atoms in total. The molecule has 0 saturated carbocycles. The SMILES string of the molecule is Cc1cc(NC(=O)C(=O)N2C[C@@H](C)CC[C@@]2(C)c2cc(F)cc(Cl)c2)cnc1N. The Labute approximate surface area is 174 Å². The van der Waals surface area contributed by atoms with E-state index in [2.05, 4.69) is 10.3 Å². The molecule has 2 aromatic rings. The van der Waals surface area contributed by atoms with E-state index in [9.17, 15) is 14.0 Å². The van der Waals surface area contributed by atoms with Crippen LogP contribution in [0.2, 0.25) is 5.02 Å². The van der Waals surface area contributed by atoms with Gasteiger partial charge in [-0.2, -0.15) is 0 Å². The molecule has 2 atom stereocenters. The Balaban J connectivity index is 1.90. The van der Waals surface area contributed by atoms with Crippen LogP contribution in [-0.2, 0) is 15.1 Å². The molecule has 1 saturated heterocycles. The fraction of sp³-hybridized carbons (Fsp3) is 0.381. The van der Waals surface area contributed by atoms with Crippen LogP contribution in [-0.4, -0.2) is 28.2 Å². The second kappa shape index (κ2) is 7.99. The zero-order chi connectivity index (χ0) is 21.3. The third kappa shape index (κ3) is 4.34. The molecule has 0 bridgehead atoms. The molecule has 2 amide bonds. The van der Waals surface area contributed by atoms with Crippen LogP contribution in [0.5, 0.6) is 0 Å². The van der Waals surface area contributed by atoms with Gasteiger partial charge >= 0.3 is 11.8 Å². The molecule has 0 aliphatic carbocycles. The summed E-state index contributed by atoms with van der Waals surface area (Å²) in [5.74, 6) is -1.38. The van der Waals surface area contributed by atoms with Gasteiger partial charge in [-0.25, -0.2) is 9.37 Å². The number of nitrogens with one attached hydrogen (secondary N) is 1. The summed E-state index contributed by atoms with van der Waals surface area (Å²) in [5.41, 5.74) is 6.50. The van der Waals surface area contributed by atoms with Gasteiger partial charge in [-0.05, 0) is 68.0 Å². The molecule has 0 unspecified atom stereocenters. The van der Waals surface area contributed by atoms with Crippen LogP contribution >= 0.6 is 11.6 Å². The largest absolute Gasteiger partial charge is 0.383 e. The molecule has 1 aliphatic rings. The quantitative estimate of drug-likeness (QED) is 0.724. The maximum atomic E-state index is 14.0. The van der Waals surface area contributed by atoms with Crippen LogP contribution in [0, 0.1) is 18.7 Å². The van der Waals surface area contributed by atoms with Crippen molar-refractivity contribution in [3.05, 3.63) is 52.4 Å². The number of piperidine rings is 1. The lowest BCUT2D eigenvalue weighted by Crippen LogP contribution is -2.55. The predicted octanol–water partition coefficient (Wildman–Crippen LogP) is 3.88. The molecule has 3 rings (SSSR count). The van der Waals surface area contributed by atoms with E-state index in [4.69, 9.17) is 17.3 Å². The number of hydrogen-bond acceptors (Lipinski definition) is 4. The first-order valence-electron chi connectivity index (χ1n) is 9.42. The van der Waals surface area contributed by atoms with Gasteiger partial charge in [0.1, 0.15) is 11.6 Å². The number of pyridine rings is 1. The number of anilines is 2. The van der Waals surface area contributed by atoms with Crippen molar-refractivity contribution in [1.82, 2.24) is 9.88 Å². The Morgan fingerprint density at radius 3 is 2.72 bits per heavy atom. The minimum Gasteiger partial charge on any atom is -0.383 e. The van der Waals surface area contributed by atoms with E-state index in [-0.39, 0.29) is 10.9 Å². The summed E-state index contributed by atoms with van der Waals surface area (Å²) < 4.78 is 14.0. The van der Waals surface area contributed by atoms with Crippen molar-refractivity contribution in [2.45, 2.75) is 39.2 Å². The maximum Gasteiger partial charge on any atom is 0.313 e. The lowest BCUT2D eigenvalue weighted by molar-refractivity contribution is -0.150. The fourth-order valence-electron chi connectivity index (χ4n) is 3.70. The third-order valence-corrected chi connectivity index (χ3v) is 5.73. The molecule has 1 fully saturated rings. The van der Waals surface area contributed by atoms with Crippen LogP contribution in [0.25, 0.3) is 0 Å². The highest BCUT2D eigenvalue weighted by Crippen LogP contribution is 2.40. The third-order valence-electron chi connectivity index (χ3n) is 5.51. The predicted molar refractivity (Wildman–Crippen MR) is 111 cm³/mol. The topological polar surface area (TPSA) is 88.3 Å². The van der Waals surface area contributed by atoms with Crippen LogP contribution in [0.1, 0.15) is 37.8 Å². The zero-order valence-electron chi connectivity index (χ0n) is 16.6. The molecule has 0 radical (unpaired) electrons. The average Bonchev–Trinajstić information content (AvgIpc) is 2.65. The van der Waals surface area contributed by atoms with Gasteiger partial charge in [0.2, 0.25) is 0 Å². The number of halogens is 2. The van der Waals surface area contributed by atoms with E-state index >= 15 is 0 Å². The number of nitrogen functional groups attached to an aromatic ring is 1. The van der Waals surface area contributed by atoms with E-state index in [1.165, 1.54) is 23.2 Å². The highest BCUT2D eigenvalue weighted by Gasteiger charge is 2.43. The Kier molecular flexibility index (Phi) is 5.80. The monoisotopic (exact) mass is 418 g/mol. The van der Waals surface area contributed by atoms with Gasteiger partial charge in [0.15, 0.2) is 0 Å². The number of carbonyl (C=O) groups excluding carboxylic acids is 2. The van der Waals surface area contributed by atoms with Crippen molar-refractivity contribution in [2.24, 2.45) is 5.92 Å². The summed E-state index contributed by atoms with van der Waals surface area (Å²) in [4.78, 5) is 31.3. The van der Waals surface area contributed by atoms with Crippen LogP contribution < -0.4 is 11.1 Å².